The second-order valence-electron chi connectivity index (χ2n) is 6.99. The summed E-state index contributed by atoms with van der Waals surface area (Å²) in [5.74, 6) is 3.87. The van der Waals surface area contributed by atoms with Gasteiger partial charge in [-0.1, -0.05) is 27.2 Å². The van der Waals surface area contributed by atoms with Crippen LogP contribution in [0.5, 0.6) is 0 Å². The van der Waals surface area contributed by atoms with Crippen LogP contribution in [0.25, 0.3) is 0 Å². The summed E-state index contributed by atoms with van der Waals surface area (Å²) in [6.45, 7) is 9.19. The molecule has 1 unspecified atom stereocenters. The summed E-state index contributed by atoms with van der Waals surface area (Å²) in [6.07, 6.45) is 6.18. The Hall–Kier alpha value is -0.0400. The molecule has 2 aliphatic carbocycles. The SMILES string of the molecule is CC1CC[C@@H]2[C@@H](C1)[C@H](C(C)C)CC[C@@]2(C)O. The molecule has 0 aromatic rings. The van der Waals surface area contributed by atoms with Crippen LogP contribution in [0.4, 0.5) is 0 Å². The van der Waals surface area contributed by atoms with Gasteiger partial charge in [-0.3, -0.25) is 0 Å². The lowest BCUT2D eigenvalue weighted by Gasteiger charge is -2.52. The van der Waals surface area contributed by atoms with Gasteiger partial charge in [0.15, 0.2) is 0 Å². The molecule has 1 heteroatoms. The second kappa shape index (κ2) is 4.33. The van der Waals surface area contributed by atoms with Crippen LogP contribution in [0, 0.1) is 29.6 Å². The first kappa shape index (κ1) is 12.4. The molecule has 0 radical (unpaired) electrons. The highest BCUT2D eigenvalue weighted by Gasteiger charge is 2.47. The molecule has 0 bridgehead atoms. The summed E-state index contributed by atoms with van der Waals surface area (Å²) in [5, 5.41) is 10.6. The van der Waals surface area contributed by atoms with E-state index in [1.165, 1.54) is 25.7 Å². The van der Waals surface area contributed by atoms with Gasteiger partial charge in [0.1, 0.15) is 0 Å². The minimum Gasteiger partial charge on any atom is -0.390 e. The fourth-order valence-electron chi connectivity index (χ4n) is 4.36. The molecule has 0 aliphatic heterocycles. The molecule has 0 saturated heterocycles. The van der Waals surface area contributed by atoms with E-state index in [4.69, 9.17) is 0 Å². The number of rotatable bonds is 1. The van der Waals surface area contributed by atoms with Crippen molar-refractivity contribution in [3.05, 3.63) is 0 Å². The highest BCUT2D eigenvalue weighted by atomic mass is 16.3. The molecule has 16 heavy (non-hydrogen) atoms. The van der Waals surface area contributed by atoms with Crippen LogP contribution in [-0.2, 0) is 0 Å². The smallest absolute Gasteiger partial charge is 0.0650 e. The first-order valence-corrected chi connectivity index (χ1v) is 7.14. The summed E-state index contributed by atoms with van der Waals surface area (Å²) >= 11 is 0. The zero-order chi connectivity index (χ0) is 11.9. The van der Waals surface area contributed by atoms with Crippen LogP contribution in [-0.4, -0.2) is 10.7 Å². The van der Waals surface area contributed by atoms with Crippen molar-refractivity contribution in [2.45, 2.75) is 65.4 Å². The van der Waals surface area contributed by atoms with Crippen molar-refractivity contribution in [3.63, 3.8) is 0 Å². The summed E-state index contributed by atoms with van der Waals surface area (Å²) in [6, 6.07) is 0. The molecule has 1 N–H and O–H groups in total. The van der Waals surface area contributed by atoms with Gasteiger partial charge < -0.3 is 5.11 Å². The minimum atomic E-state index is -0.379. The third-order valence-electron chi connectivity index (χ3n) is 5.35. The Balaban J connectivity index is 2.18. The van der Waals surface area contributed by atoms with E-state index in [0.717, 1.165) is 30.1 Å². The maximum atomic E-state index is 10.6. The Kier molecular flexibility index (Phi) is 3.36. The van der Waals surface area contributed by atoms with E-state index < -0.39 is 0 Å². The third-order valence-corrected chi connectivity index (χ3v) is 5.35. The predicted octanol–water partition coefficient (Wildman–Crippen LogP) is 3.86. The average molecular weight is 224 g/mol. The predicted molar refractivity (Wildman–Crippen MR) is 68.2 cm³/mol. The Morgan fingerprint density at radius 3 is 2.50 bits per heavy atom. The van der Waals surface area contributed by atoms with Gasteiger partial charge in [0, 0.05) is 0 Å². The molecule has 0 heterocycles. The average Bonchev–Trinajstić information content (AvgIpc) is 2.16. The molecule has 1 nitrogen and oxygen atoms in total. The van der Waals surface area contributed by atoms with Crippen molar-refractivity contribution in [3.8, 4) is 0 Å². The van der Waals surface area contributed by atoms with Crippen molar-refractivity contribution in [2.75, 3.05) is 0 Å². The van der Waals surface area contributed by atoms with Gasteiger partial charge in [-0.05, 0) is 62.2 Å². The zero-order valence-electron chi connectivity index (χ0n) is 11.4. The van der Waals surface area contributed by atoms with E-state index in [0.29, 0.717) is 5.92 Å². The maximum Gasteiger partial charge on any atom is 0.0650 e. The summed E-state index contributed by atoms with van der Waals surface area (Å²) in [7, 11) is 0. The minimum absolute atomic E-state index is 0.379. The van der Waals surface area contributed by atoms with Crippen LogP contribution >= 0.6 is 0 Å². The molecule has 5 atom stereocenters. The van der Waals surface area contributed by atoms with Crippen molar-refractivity contribution in [2.24, 2.45) is 29.6 Å². The Morgan fingerprint density at radius 2 is 1.88 bits per heavy atom. The molecule has 2 rings (SSSR count). The maximum absolute atomic E-state index is 10.6. The fraction of sp³-hybridized carbons (Fsp3) is 1.00. The first-order valence-electron chi connectivity index (χ1n) is 7.14. The number of hydrogen-bond acceptors (Lipinski definition) is 1. The molecular weight excluding hydrogens is 196 g/mol. The van der Waals surface area contributed by atoms with E-state index in [-0.39, 0.29) is 5.60 Å². The highest BCUT2D eigenvalue weighted by molar-refractivity contribution is 4.98. The molecule has 2 fully saturated rings. The fourth-order valence-corrected chi connectivity index (χ4v) is 4.36. The van der Waals surface area contributed by atoms with Gasteiger partial charge in [0.2, 0.25) is 0 Å². The lowest BCUT2D eigenvalue weighted by atomic mass is 9.56. The van der Waals surface area contributed by atoms with Crippen LogP contribution < -0.4 is 0 Å². The van der Waals surface area contributed by atoms with Crippen molar-refractivity contribution in [1.82, 2.24) is 0 Å². The second-order valence-corrected chi connectivity index (χ2v) is 6.99. The monoisotopic (exact) mass is 224 g/mol. The lowest BCUT2D eigenvalue weighted by molar-refractivity contribution is -0.109. The van der Waals surface area contributed by atoms with E-state index in [9.17, 15) is 5.11 Å². The summed E-state index contributed by atoms with van der Waals surface area (Å²) < 4.78 is 0. The van der Waals surface area contributed by atoms with Gasteiger partial charge in [0.25, 0.3) is 0 Å². The van der Waals surface area contributed by atoms with E-state index >= 15 is 0 Å². The first-order chi connectivity index (χ1) is 7.42. The highest BCUT2D eigenvalue weighted by Crippen LogP contribution is 2.51. The third kappa shape index (κ3) is 2.16. The molecule has 2 aliphatic rings. The van der Waals surface area contributed by atoms with Crippen LogP contribution in [0.3, 0.4) is 0 Å². The van der Waals surface area contributed by atoms with Crippen LogP contribution in [0.2, 0.25) is 0 Å². The van der Waals surface area contributed by atoms with Crippen molar-refractivity contribution < 1.29 is 5.11 Å². The molecule has 2 saturated carbocycles. The van der Waals surface area contributed by atoms with Gasteiger partial charge in [-0.2, -0.15) is 0 Å². The van der Waals surface area contributed by atoms with Gasteiger partial charge >= 0.3 is 0 Å². The van der Waals surface area contributed by atoms with Gasteiger partial charge in [-0.15, -0.1) is 0 Å². The Bertz CT molecular complexity index is 244. The lowest BCUT2D eigenvalue weighted by Crippen LogP contribution is -2.49. The number of fused-ring (bicyclic) bond motifs is 1. The van der Waals surface area contributed by atoms with E-state index in [1.807, 2.05) is 0 Å². The summed E-state index contributed by atoms with van der Waals surface area (Å²) in [5.41, 5.74) is -0.379. The normalized spacial score (nSPS) is 49.1. The van der Waals surface area contributed by atoms with Crippen molar-refractivity contribution in [1.29, 1.82) is 0 Å². The Morgan fingerprint density at radius 1 is 1.19 bits per heavy atom. The molecule has 0 spiro atoms. The molecule has 0 amide bonds. The Labute approximate surface area is 101 Å². The number of hydrogen-bond donors (Lipinski definition) is 1. The van der Waals surface area contributed by atoms with Crippen LogP contribution in [0.15, 0.2) is 0 Å². The van der Waals surface area contributed by atoms with Gasteiger partial charge in [0.05, 0.1) is 5.60 Å². The molecule has 0 aromatic heterocycles. The zero-order valence-corrected chi connectivity index (χ0v) is 11.4. The van der Waals surface area contributed by atoms with Gasteiger partial charge in [-0.25, -0.2) is 0 Å². The molecule has 0 aromatic carbocycles. The largest absolute Gasteiger partial charge is 0.390 e. The van der Waals surface area contributed by atoms with Crippen LogP contribution in [0.1, 0.15) is 59.8 Å². The molecule has 94 valence electrons. The van der Waals surface area contributed by atoms with E-state index in [1.54, 1.807) is 0 Å². The summed E-state index contributed by atoms with van der Waals surface area (Å²) in [4.78, 5) is 0. The quantitative estimate of drug-likeness (QED) is 0.717. The standard InChI is InChI=1S/C15H28O/c1-10(2)12-7-8-15(4,16)14-6-5-11(3)9-13(12)14/h10-14,16H,5-9H2,1-4H3/t11?,12-,13-,14+,15+/m0/s1. The molecular formula is C15H28O. The van der Waals surface area contributed by atoms with Crippen molar-refractivity contribution >= 4 is 0 Å². The topological polar surface area (TPSA) is 20.2 Å². The van der Waals surface area contributed by atoms with E-state index in [2.05, 4.69) is 27.7 Å². The number of aliphatic hydroxyl groups is 1.